The van der Waals surface area contributed by atoms with E-state index in [1.54, 1.807) is 10.9 Å². The first-order chi connectivity index (χ1) is 12.8. The number of nitrogens with zero attached hydrogens (tertiary/aromatic N) is 4. The lowest BCUT2D eigenvalue weighted by atomic mass is 10.1. The van der Waals surface area contributed by atoms with Crippen LogP contribution in [0, 0.1) is 0 Å². The predicted molar refractivity (Wildman–Crippen MR) is 96.6 cm³/mol. The van der Waals surface area contributed by atoms with Gasteiger partial charge >= 0.3 is 0 Å². The van der Waals surface area contributed by atoms with Crippen molar-refractivity contribution in [3.05, 3.63) is 60.8 Å². The van der Waals surface area contributed by atoms with Gasteiger partial charge in [0.1, 0.15) is 6.33 Å². The van der Waals surface area contributed by atoms with Crippen LogP contribution in [0.4, 0.5) is 5.69 Å². The molecule has 2 aromatic heterocycles. The Bertz CT molecular complexity index is 888. The number of benzene rings is 1. The van der Waals surface area contributed by atoms with E-state index in [1.165, 1.54) is 12.5 Å². The number of carbonyl (C=O) groups excluding carboxylic acids is 1. The predicted octanol–water partition coefficient (Wildman–Crippen LogP) is 2.77. The third-order valence-corrected chi connectivity index (χ3v) is 4.31. The molecule has 1 atom stereocenters. The minimum absolute atomic E-state index is 0.200. The lowest BCUT2D eigenvalue weighted by Gasteiger charge is -2.09. The van der Waals surface area contributed by atoms with Crippen LogP contribution < -0.4 is 5.32 Å². The van der Waals surface area contributed by atoms with E-state index in [1.807, 2.05) is 36.5 Å². The fourth-order valence-corrected chi connectivity index (χ4v) is 3.05. The normalized spacial score (nSPS) is 16.5. The summed E-state index contributed by atoms with van der Waals surface area (Å²) in [6.07, 6.45) is 8.75. The molecular weight excluding hydrogens is 330 g/mol. The van der Waals surface area contributed by atoms with E-state index in [2.05, 4.69) is 20.4 Å². The van der Waals surface area contributed by atoms with Gasteiger partial charge in [0.2, 0.25) is 0 Å². The van der Waals surface area contributed by atoms with Crippen LogP contribution in [0.15, 0.2) is 55.2 Å². The Kier molecular flexibility index (Phi) is 4.70. The van der Waals surface area contributed by atoms with E-state index in [0.717, 1.165) is 25.0 Å². The summed E-state index contributed by atoms with van der Waals surface area (Å²) < 4.78 is 7.41. The fourth-order valence-electron chi connectivity index (χ4n) is 3.05. The van der Waals surface area contributed by atoms with Crippen molar-refractivity contribution in [3.63, 3.8) is 0 Å². The first-order valence-corrected chi connectivity index (χ1v) is 8.60. The minimum atomic E-state index is -0.263. The largest absolute Gasteiger partial charge is 0.376 e. The van der Waals surface area contributed by atoms with Crippen molar-refractivity contribution >= 4 is 11.6 Å². The molecule has 1 saturated heterocycles. The summed E-state index contributed by atoms with van der Waals surface area (Å²) in [6, 6.07) is 9.58. The minimum Gasteiger partial charge on any atom is -0.376 e. The molecule has 1 aromatic carbocycles. The van der Waals surface area contributed by atoms with Gasteiger partial charge < -0.3 is 10.1 Å². The third kappa shape index (κ3) is 3.62. The maximum atomic E-state index is 12.7. The van der Waals surface area contributed by atoms with Crippen LogP contribution in [0.2, 0.25) is 0 Å². The molecule has 1 fully saturated rings. The maximum absolute atomic E-state index is 12.7. The number of hydrogen-bond donors (Lipinski definition) is 1. The van der Waals surface area contributed by atoms with Crippen molar-refractivity contribution in [3.8, 4) is 11.3 Å². The molecule has 3 heterocycles. The van der Waals surface area contributed by atoms with Gasteiger partial charge in [0.05, 0.1) is 35.8 Å². The van der Waals surface area contributed by atoms with Gasteiger partial charge in [-0.2, -0.15) is 5.10 Å². The molecule has 1 N–H and O–H groups in total. The Morgan fingerprint density at radius 1 is 1.27 bits per heavy atom. The molecule has 7 nitrogen and oxygen atoms in total. The van der Waals surface area contributed by atoms with Gasteiger partial charge in [-0.3, -0.25) is 9.48 Å². The molecule has 1 aliphatic heterocycles. The second-order valence-corrected chi connectivity index (χ2v) is 6.19. The molecule has 3 aromatic rings. The molecule has 132 valence electrons. The Balaban J connectivity index is 1.50. The van der Waals surface area contributed by atoms with Crippen LogP contribution in [0.25, 0.3) is 11.3 Å². The van der Waals surface area contributed by atoms with Crippen molar-refractivity contribution in [1.29, 1.82) is 0 Å². The highest BCUT2D eigenvalue weighted by molar-refractivity contribution is 6.07. The van der Waals surface area contributed by atoms with Crippen LogP contribution in [-0.2, 0) is 11.3 Å². The van der Waals surface area contributed by atoms with Crippen LogP contribution in [0.3, 0.4) is 0 Å². The topological polar surface area (TPSA) is 81.9 Å². The molecule has 7 heteroatoms. The van der Waals surface area contributed by atoms with Crippen molar-refractivity contribution < 1.29 is 9.53 Å². The number of ether oxygens (including phenoxy) is 1. The lowest BCUT2D eigenvalue weighted by Crippen LogP contribution is -2.15. The molecule has 26 heavy (non-hydrogen) atoms. The van der Waals surface area contributed by atoms with Gasteiger partial charge in [0.15, 0.2) is 0 Å². The maximum Gasteiger partial charge on any atom is 0.259 e. The number of anilines is 1. The zero-order valence-corrected chi connectivity index (χ0v) is 14.2. The molecule has 0 aliphatic carbocycles. The Hall–Kier alpha value is -3.06. The van der Waals surface area contributed by atoms with E-state index >= 15 is 0 Å². The standard InChI is InChI=1S/C19H19N5O2/c25-19(17-10-20-13-21-18(17)14-5-2-1-3-6-14)23-15-9-22-24(11-15)12-16-7-4-8-26-16/h1-3,5-6,9-11,13,16H,4,7-8,12H2,(H,23,25). The molecule has 0 radical (unpaired) electrons. The van der Waals surface area contributed by atoms with E-state index in [9.17, 15) is 4.79 Å². The van der Waals surface area contributed by atoms with E-state index in [0.29, 0.717) is 23.5 Å². The summed E-state index contributed by atoms with van der Waals surface area (Å²) >= 11 is 0. The van der Waals surface area contributed by atoms with Gasteiger partial charge in [-0.1, -0.05) is 30.3 Å². The second-order valence-electron chi connectivity index (χ2n) is 6.19. The molecule has 0 bridgehead atoms. The van der Waals surface area contributed by atoms with E-state index in [-0.39, 0.29) is 12.0 Å². The third-order valence-electron chi connectivity index (χ3n) is 4.31. The second kappa shape index (κ2) is 7.45. The van der Waals surface area contributed by atoms with Gasteiger partial charge in [0, 0.05) is 24.6 Å². The average molecular weight is 349 g/mol. The summed E-state index contributed by atoms with van der Waals surface area (Å²) in [5.41, 5.74) is 2.53. The summed E-state index contributed by atoms with van der Waals surface area (Å²) in [6.45, 7) is 1.51. The first kappa shape index (κ1) is 16.4. The van der Waals surface area contributed by atoms with Crippen molar-refractivity contribution in [2.75, 3.05) is 11.9 Å². The highest BCUT2D eigenvalue weighted by Crippen LogP contribution is 2.21. The van der Waals surface area contributed by atoms with Gasteiger partial charge in [-0.05, 0) is 12.8 Å². The highest BCUT2D eigenvalue weighted by Gasteiger charge is 2.18. The summed E-state index contributed by atoms with van der Waals surface area (Å²) in [4.78, 5) is 21.0. The quantitative estimate of drug-likeness (QED) is 0.766. The summed E-state index contributed by atoms with van der Waals surface area (Å²) in [5.74, 6) is -0.263. The van der Waals surface area contributed by atoms with Crippen molar-refractivity contribution in [2.24, 2.45) is 0 Å². The number of amides is 1. The van der Waals surface area contributed by atoms with Crippen LogP contribution in [0.5, 0.6) is 0 Å². The zero-order valence-electron chi connectivity index (χ0n) is 14.2. The van der Waals surface area contributed by atoms with Gasteiger partial charge in [-0.15, -0.1) is 0 Å². The molecule has 1 amide bonds. The van der Waals surface area contributed by atoms with Crippen molar-refractivity contribution in [2.45, 2.75) is 25.5 Å². The van der Waals surface area contributed by atoms with Crippen molar-refractivity contribution in [1.82, 2.24) is 19.7 Å². The summed E-state index contributed by atoms with van der Waals surface area (Å²) in [5, 5.41) is 7.17. The number of rotatable bonds is 5. The Morgan fingerprint density at radius 2 is 2.15 bits per heavy atom. The average Bonchev–Trinajstić information content (AvgIpc) is 3.35. The van der Waals surface area contributed by atoms with Crippen LogP contribution >= 0.6 is 0 Å². The van der Waals surface area contributed by atoms with E-state index in [4.69, 9.17) is 4.74 Å². The van der Waals surface area contributed by atoms with E-state index < -0.39 is 0 Å². The zero-order chi connectivity index (χ0) is 17.8. The summed E-state index contributed by atoms with van der Waals surface area (Å²) in [7, 11) is 0. The Morgan fingerprint density at radius 3 is 2.96 bits per heavy atom. The molecule has 4 rings (SSSR count). The highest BCUT2D eigenvalue weighted by atomic mass is 16.5. The fraction of sp³-hybridized carbons (Fsp3) is 0.263. The number of nitrogens with one attached hydrogen (secondary N) is 1. The molecular formula is C19H19N5O2. The SMILES string of the molecule is O=C(Nc1cnn(CC2CCCO2)c1)c1cncnc1-c1ccccc1. The van der Waals surface area contributed by atoms with Gasteiger partial charge in [0.25, 0.3) is 5.91 Å². The Labute approximate surface area is 151 Å². The smallest absolute Gasteiger partial charge is 0.259 e. The molecule has 1 aliphatic rings. The molecule has 0 saturated carbocycles. The van der Waals surface area contributed by atoms with Gasteiger partial charge in [-0.25, -0.2) is 9.97 Å². The number of aromatic nitrogens is 4. The molecule has 0 spiro atoms. The first-order valence-electron chi connectivity index (χ1n) is 8.60. The molecule has 1 unspecified atom stereocenters. The van der Waals surface area contributed by atoms with Crippen LogP contribution in [-0.4, -0.2) is 38.4 Å². The number of hydrogen-bond acceptors (Lipinski definition) is 5. The monoisotopic (exact) mass is 349 g/mol. The number of carbonyl (C=O) groups is 1. The van der Waals surface area contributed by atoms with Crippen LogP contribution in [0.1, 0.15) is 23.2 Å². The lowest BCUT2D eigenvalue weighted by molar-refractivity contribution is 0.0940.